The number of rotatable bonds is 0. The summed E-state index contributed by atoms with van der Waals surface area (Å²) in [6.45, 7) is 5.70. The fraction of sp³-hybridized carbons (Fsp3) is 0.600. The van der Waals surface area contributed by atoms with E-state index in [1.54, 1.807) is 13.8 Å². The van der Waals surface area contributed by atoms with Crippen LogP contribution in [0.3, 0.4) is 0 Å². The van der Waals surface area contributed by atoms with E-state index in [-0.39, 0.29) is 11.8 Å². The van der Waals surface area contributed by atoms with E-state index in [0.29, 0.717) is 11.1 Å². The highest BCUT2D eigenvalue weighted by atomic mass is 16.2. The Bertz CT molecular complexity index is 423. The fourth-order valence-electron chi connectivity index (χ4n) is 2.97. The highest BCUT2D eigenvalue weighted by Gasteiger charge is 2.32. The quantitative estimate of drug-likeness (QED) is 0.487. The molecule has 0 aromatic carbocycles. The van der Waals surface area contributed by atoms with Gasteiger partial charge in [0.1, 0.15) is 0 Å². The van der Waals surface area contributed by atoms with Crippen LogP contribution in [0.5, 0.6) is 0 Å². The molecule has 3 atom stereocenters. The maximum absolute atomic E-state index is 11.0. The van der Waals surface area contributed by atoms with Crippen LogP contribution in [0.1, 0.15) is 33.6 Å². The number of carbonyl (C=O) groups is 2. The number of fused-ring (bicyclic) bond motifs is 2. The maximum Gasteiger partial charge on any atom is 0.256 e. The number of nitrogens with zero attached hydrogens (tertiary/aromatic N) is 1. The molecule has 0 N–H and O–H groups in total. The van der Waals surface area contributed by atoms with Gasteiger partial charge >= 0.3 is 0 Å². The van der Waals surface area contributed by atoms with E-state index in [2.05, 4.69) is 19.1 Å². The standard InChI is InChI=1S/C8H12.C7H9NO2/c1-6-4-7-2-3-8(6)5-7;1-4-5(2)7(10)8(3)6(4)9/h2-3,6-8H,4-5H2,1H3;1-3H3. The van der Waals surface area contributed by atoms with Gasteiger partial charge in [-0.3, -0.25) is 14.5 Å². The van der Waals surface area contributed by atoms with Crippen LogP contribution in [-0.2, 0) is 9.59 Å². The second-order valence-electron chi connectivity index (χ2n) is 5.68. The third-order valence-corrected chi connectivity index (χ3v) is 4.42. The van der Waals surface area contributed by atoms with E-state index in [0.717, 1.165) is 22.7 Å². The van der Waals surface area contributed by atoms with Gasteiger partial charge in [0.15, 0.2) is 0 Å². The molecule has 1 aliphatic heterocycles. The Morgan fingerprint density at radius 3 is 1.78 bits per heavy atom. The van der Waals surface area contributed by atoms with Gasteiger partial charge < -0.3 is 0 Å². The monoisotopic (exact) mass is 247 g/mol. The number of likely N-dealkylation sites (N-methyl/N-ethyl adjacent to an activating group) is 1. The fourth-order valence-corrected chi connectivity index (χ4v) is 2.97. The van der Waals surface area contributed by atoms with Crippen molar-refractivity contribution in [3.8, 4) is 0 Å². The third-order valence-electron chi connectivity index (χ3n) is 4.42. The lowest BCUT2D eigenvalue weighted by molar-refractivity contribution is -0.135. The van der Waals surface area contributed by atoms with Crippen molar-refractivity contribution in [2.45, 2.75) is 33.6 Å². The molecular formula is C15H21NO2. The first-order chi connectivity index (χ1) is 8.41. The molecule has 0 saturated heterocycles. The summed E-state index contributed by atoms with van der Waals surface area (Å²) in [4.78, 5) is 23.1. The van der Waals surface area contributed by atoms with Crippen molar-refractivity contribution in [2.75, 3.05) is 7.05 Å². The summed E-state index contributed by atoms with van der Waals surface area (Å²) in [6, 6.07) is 0. The van der Waals surface area contributed by atoms with Crippen LogP contribution in [0.4, 0.5) is 0 Å². The molecule has 98 valence electrons. The average Bonchev–Trinajstić information content (AvgIpc) is 2.99. The molecule has 1 fully saturated rings. The average molecular weight is 247 g/mol. The molecule has 2 bridgehead atoms. The van der Waals surface area contributed by atoms with Crippen molar-refractivity contribution in [1.82, 2.24) is 4.90 Å². The summed E-state index contributed by atoms with van der Waals surface area (Å²) in [6.07, 6.45) is 7.71. The Balaban J connectivity index is 0.000000136. The first-order valence-electron chi connectivity index (χ1n) is 6.60. The molecule has 0 aromatic rings. The number of carbonyl (C=O) groups excluding carboxylic acids is 2. The van der Waals surface area contributed by atoms with Crippen LogP contribution in [0, 0.1) is 17.8 Å². The van der Waals surface area contributed by atoms with Gasteiger partial charge in [-0.05, 0) is 44.4 Å². The Hall–Kier alpha value is -1.38. The van der Waals surface area contributed by atoms with Gasteiger partial charge in [-0.2, -0.15) is 0 Å². The van der Waals surface area contributed by atoms with Crippen molar-refractivity contribution in [3.63, 3.8) is 0 Å². The first kappa shape index (κ1) is 13.1. The van der Waals surface area contributed by atoms with Gasteiger partial charge in [0.25, 0.3) is 11.8 Å². The maximum atomic E-state index is 11.0. The number of amides is 2. The minimum atomic E-state index is -0.178. The zero-order valence-corrected chi connectivity index (χ0v) is 11.6. The Kier molecular flexibility index (Phi) is 3.42. The third kappa shape index (κ3) is 2.14. The van der Waals surface area contributed by atoms with Crippen LogP contribution in [0.25, 0.3) is 0 Å². The van der Waals surface area contributed by atoms with E-state index in [9.17, 15) is 9.59 Å². The number of imide groups is 1. The van der Waals surface area contributed by atoms with Gasteiger partial charge in [0.2, 0.25) is 0 Å². The van der Waals surface area contributed by atoms with Crippen molar-refractivity contribution >= 4 is 11.8 Å². The van der Waals surface area contributed by atoms with E-state index in [1.165, 1.54) is 19.9 Å². The second kappa shape index (κ2) is 4.71. The van der Waals surface area contributed by atoms with Crippen LogP contribution in [0.2, 0.25) is 0 Å². The number of hydrogen-bond acceptors (Lipinski definition) is 2. The summed E-state index contributed by atoms with van der Waals surface area (Å²) >= 11 is 0. The molecule has 3 nitrogen and oxygen atoms in total. The Morgan fingerprint density at radius 1 is 1.06 bits per heavy atom. The minimum Gasteiger partial charge on any atom is -0.278 e. The van der Waals surface area contributed by atoms with Gasteiger partial charge in [-0.1, -0.05) is 19.1 Å². The molecule has 0 spiro atoms. The molecular weight excluding hydrogens is 226 g/mol. The highest BCUT2D eigenvalue weighted by molar-refractivity contribution is 6.18. The zero-order valence-electron chi connectivity index (χ0n) is 11.6. The van der Waals surface area contributed by atoms with Crippen LogP contribution in [0.15, 0.2) is 23.3 Å². The Morgan fingerprint density at radius 2 is 1.61 bits per heavy atom. The van der Waals surface area contributed by atoms with Crippen molar-refractivity contribution in [3.05, 3.63) is 23.3 Å². The van der Waals surface area contributed by atoms with Crippen LogP contribution >= 0.6 is 0 Å². The molecule has 3 aliphatic rings. The number of allylic oxidation sites excluding steroid dienone is 2. The van der Waals surface area contributed by atoms with Gasteiger partial charge in [-0.25, -0.2) is 0 Å². The van der Waals surface area contributed by atoms with Crippen molar-refractivity contribution < 1.29 is 9.59 Å². The minimum absolute atomic E-state index is 0.178. The summed E-state index contributed by atoms with van der Waals surface area (Å²) in [5.74, 6) is 2.56. The van der Waals surface area contributed by atoms with Gasteiger partial charge in [0, 0.05) is 18.2 Å². The predicted octanol–water partition coefficient (Wildman–Crippen LogP) is 2.54. The summed E-state index contributed by atoms with van der Waals surface area (Å²) in [7, 11) is 1.49. The SMILES string of the molecule is CC1=C(C)C(=O)N(C)C1=O.CC1CC2C=CC1C2. The highest BCUT2D eigenvalue weighted by Crippen LogP contribution is 2.42. The zero-order chi connectivity index (χ0) is 13.4. The Labute approximate surface area is 109 Å². The summed E-state index contributed by atoms with van der Waals surface area (Å²) in [5, 5.41) is 0. The van der Waals surface area contributed by atoms with Crippen molar-refractivity contribution in [2.24, 2.45) is 17.8 Å². The second-order valence-corrected chi connectivity index (χ2v) is 5.68. The normalized spacial score (nSPS) is 33.3. The summed E-state index contributed by atoms with van der Waals surface area (Å²) < 4.78 is 0. The largest absolute Gasteiger partial charge is 0.278 e. The van der Waals surface area contributed by atoms with Crippen LogP contribution < -0.4 is 0 Å². The van der Waals surface area contributed by atoms with Crippen LogP contribution in [-0.4, -0.2) is 23.8 Å². The topological polar surface area (TPSA) is 37.4 Å². The summed E-state index contributed by atoms with van der Waals surface area (Å²) in [5.41, 5.74) is 1.13. The predicted molar refractivity (Wildman–Crippen MR) is 70.7 cm³/mol. The van der Waals surface area contributed by atoms with E-state index in [1.807, 2.05) is 0 Å². The van der Waals surface area contributed by atoms with Crippen molar-refractivity contribution in [1.29, 1.82) is 0 Å². The van der Waals surface area contributed by atoms with E-state index >= 15 is 0 Å². The molecule has 3 unspecified atom stereocenters. The lowest BCUT2D eigenvalue weighted by atomic mass is 9.96. The molecule has 1 heterocycles. The van der Waals surface area contributed by atoms with Gasteiger partial charge in [-0.15, -0.1) is 0 Å². The smallest absolute Gasteiger partial charge is 0.256 e. The molecule has 0 aromatic heterocycles. The molecule has 3 heteroatoms. The lowest BCUT2D eigenvalue weighted by Gasteiger charge is -2.09. The number of hydrogen-bond donors (Lipinski definition) is 0. The molecule has 1 saturated carbocycles. The molecule has 0 radical (unpaired) electrons. The lowest BCUT2D eigenvalue weighted by Crippen LogP contribution is -2.26. The molecule has 3 rings (SSSR count). The van der Waals surface area contributed by atoms with E-state index < -0.39 is 0 Å². The molecule has 2 amide bonds. The van der Waals surface area contributed by atoms with E-state index in [4.69, 9.17) is 0 Å². The molecule has 18 heavy (non-hydrogen) atoms. The first-order valence-corrected chi connectivity index (χ1v) is 6.60. The van der Waals surface area contributed by atoms with Gasteiger partial charge in [0.05, 0.1) is 0 Å². The molecule has 2 aliphatic carbocycles.